The van der Waals surface area contributed by atoms with E-state index in [0.717, 1.165) is 36.6 Å². The lowest BCUT2D eigenvalue weighted by Gasteiger charge is -2.43. The fourth-order valence-electron chi connectivity index (χ4n) is 3.01. The number of carbonyl (C=O) groups is 1. The fourth-order valence-corrected chi connectivity index (χ4v) is 3.01. The molecule has 2 fully saturated rings. The molecule has 3 rings (SSSR count). The molecule has 114 valence electrons. The largest absolute Gasteiger partial charge is 0.480 e. The van der Waals surface area contributed by atoms with Gasteiger partial charge >= 0.3 is 5.97 Å². The molecular weight excluding hydrogens is 266 g/mol. The quantitative estimate of drug-likeness (QED) is 0.805. The van der Waals surface area contributed by atoms with Crippen LogP contribution >= 0.6 is 0 Å². The van der Waals surface area contributed by atoms with Gasteiger partial charge in [0.1, 0.15) is 0 Å². The number of rotatable bonds is 7. The van der Waals surface area contributed by atoms with E-state index < -0.39 is 5.97 Å². The van der Waals surface area contributed by atoms with E-state index >= 15 is 0 Å². The lowest BCUT2D eigenvalue weighted by Crippen LogP contribution is -2.52. The summed E-state index contributed by atoms with van der Waals surface area (Å²) < 4.78 is 0. The summed E-state index contributed by atoms with van der Waals surface area (Å²) in [5.74, 6) is 0.0239. The van der Waals surface area contributed by atoms with Gasteiger partial charge in [-0.3, -0.25) is 14.7 Å². The maximum absolute atomic E-state index is 11.0. The van der Waals surface area contributed by atoms with Crippen LogP contribution in [0.1, 0.15) is 31.2 Å². The highest BCUT2D eigenvalue weighted by atomic mass is 16.4. The van der Waals surface area contributed by atoms with E-state index in [2.05, 4.69) is 22.1 Å². The summed E-state index contributed by atoms with van der Waals surface area (Å²) in [4.78, 5) is 17.3. The number of carboxylic acid groups (broad SMARTS) is 1. The van der Waals surface area contributed by atoms with E-state index in [1.165, 1.54) is 12.8 Å². The van der Waals surface area contributed by atoms with Gasteiger partial charge in [0.15, 0.2) is 0 Å². The first-order valence-corrected chi connectivity index (χ1v) is 7.75. The van der Waals surface area contributed by atoms with Crippen molar-refractivity contribution in [2.24, 2.45) is 5.92 Å². The number of carboxylic acids is 1. The average Bonchev–Trinajstić information content (AvgIpc) is 3.18. The van der Waals surface area contributed by atoms with Crippen LogP contribution in [0.3, 0.4) is 0 Å². The highest BCUT2D eigenvalue weighted by molar-refractivity contribution is 5.69. The monoisotopic (exact) mass is 289 g/mol. The van der Waals surface area contributed by atoms with Crippen molar-refractivity contribution in [3.05, 3.63) is 24.0 Å². The summed E-state index contributed by atoms with van der Waals surface area (Å²) in [6, 6.07) is 2.87. The number of hydrogen-bond acceptors (Lipinski definition) is 4. The minimum atomic E-state index is -0.711. The van der Waals surface area contributed by atoms with Crippen molar-refractivity contribution in [2.75, 3.05) is 18.4 Å². The molecule has 1 aromatic heterocycles. The second-order valence-electron chi connectivity index (χ2n) is 6.42. The molecule has 1 heterocycles. The van der Waals surface area contributed by atoms with Gasteiger partial charge in [-0.05, 0) is 50.2 Å². The number of nitrogens with zero attached hydrogens (tertiary/aromatic N) is 2. The molecular formula is C16H23N3O2. The lowest BCUT2D eigenvalue weighted by atomic mass is 9.85. The summed E-state index contributed by atoms with van der Waals surface area (Å²) in [5, 5.41) is 12.6. The van der Waals surface area contributed by atoms with Crippen molar-refractivity contribution in [1.29, 1.82) is 0 Å². The molecule has 0 amide bonds. The highest BCUT2D eigenvalue weighted by Gasteiger charge is 2.37. The topological polar surface area (TPSA) is 65.5 Å². The van der Waals surface area contributed by atoms with Crippen LogP contribution in [0.25, 0.3) is 0 Å². The summed E-state index contributed by atoms with van der Waals surface area (Å²) in [6.07, 6.45) is 8.25. The van der Waals surface area contributed by atoms with Gasteiger partial charge in [0.2, 0.25) is 0 Å². The second kappa shape index (κ2) is 6.02. The predicted octanol–water partition coefficient (Wildman–Crippen LogP) is 2.13. The number of nitrogens with one attached hydrogen (secondary N) is 1. The first kappa shape index (κ1) is 14.3. The van der Waals surface area contributed by atoms with Crippen LogP contribution in [-0.4, -0.2) is 46.1 Å². The van der Waals surface area contributed by atoms with Crippen LogP contribution in [0.2, 0.25) is 0 Å². The molecule has 1 aromatic rings. The molecule has 0 unspecified atom stereocenters. The van der Waals surface area contributed by atoms with Gasteiger partial charge in [-0.2, -0.15) is 0 Å². The smallest absolute Gasteiger partial charge is 0.317 e. The van der Waals surface area contributed by atoms with Gasteiger partial charge in [-0.15, -0.1) is 0 Å². The van der Waals surface area contributed by atoms with E-state index in [0.29, 0.717) is 12.1 Å². The van der Waals surface area contributed by atoms with E-state index in [1.54, 1.807) is 6.20 Å². The van der Waals surface area contributed by atoms with Gasteiger partial charge in [0, 0.05) is 36.7 Å². The van der Waals surface area contributed by atoms with Crippen LogP contribution in [0.5, 0.6) is 0 Å². The van der Waals surface area contributed by atoms with Crippen LogP contribution < -0.4 is 5.32 Å². The predicted molar refractivity (Wildman–Crippen MR) is 81.3 cm³/mol. The third-order valence-electron chi connectivity index (χ3n) is 4.54. The summed E-state index contributed by atoms with van der Waals surface area (Å²) in [6.45, 7) is 3.19. The molecule has 2 N–H and O–H groups in total. The SMILES string of the molecule is Cc1cnccc1NC1CC(N(CC(=O)O)CC2CC2)C1. The molecule has 21 heavy (non-hydrogen) atoms. The minimum absolute atomic E-state index is 0.183. The molecule has 0 saturated heterocycles. The van der Waals surface area contributed by atoms with Gasteiger partial charge in [-0.1, -0.05) is 0 Å². The maximum Gasteiger partial charge on any atom is 0.317 e. The second-order valence-corrected chi connectivity index (χ2v) is 6.42. The van der Waals surface area contributed by atoms with Gasteiger partial charge in [0.25, 0.3) is 0 Å². The Labute approximate surface area is 125 Å². The molecule has 2 saturated carbocycles. The molecule has 5 heteroatoms. The molecule has 2 aliphatic rings. The average molecular weight is 289 g/mol. The Morgan fingerprint density at radius 1 is 1.48 bits per heavy atom. The zero-order chi connectivity index (χ0) is 14.8. The molecule has 0 aromatic carbocycles. The first-order valence-electron chi connectivity index (χ1n) is 7.75. The van der Waals surface area contributed by atoms with Crippen molar-refractivity contribution in [3.63, 3.8) is 0 Å². The third kappa shape index (κ3) is 3.73. The Kier molecular flexibility index (Phi) is 4.10. The lowest BCUT2D eigenvalue weighted by molar-refractivity contribution is -0.139. The van der Waals surface area contributed by atoms with Crippen LogP contribution in [0.15, 0.2) is 18.5 Å². The fraction of sp³-hybridized carbons (Fsp3) is 0.625. The number of pyridine rings is 1. The molecule has 2 aliphatic carbocycles. The van der Waals surface area contributed by atoms with Crippen molar-refractivity contribution >= 4 is 11.7 Å². The Balaban J connectivity index is 1.51. The van der Waals surface area contributed by atoms with Gasteiger partial charge in [0.05, 0.1) is 6.54 Å². The van der Waals surface area contributed by atoms with Gasteiger partial charge < -0.3 is 10.4 Å². The number of aromatic nitrogens is 1. The zero-order valence-corrected chi connectivity index (χ0v) is 12.5. The van der Waals surface area contributed by atoms with E-state index in [-0.39, 0.29) is 6.54 Å². The van der Waals surface area contributed by atoms with E-state index in [4.69, 9.17) is 5.11 Å². The van der Waals surface area contributed by atoms with Crippen LogP contribution in [0.4, 0.5) is 5.69 Å². The maximum atomic E-state index is 11.0. The Hall–Kier alpha value is -1.62. The normalized spacial score (nSPS) is 24.7. The minimum Gasteiger partial charge on any atom is -0.480 e. The molecule has 0 aliphatic heterocycles. The Morgan fingerprint density at radius 2 is 2.24 bits per heavy atom. The summed E-state index contributed by atoms with van der Waals surface area (Å²) in [7, 11) is 0. The Morgan fingerprint density at radius 3 is 2.86 bits per heavy atom. The molecule has 0 spiro atoms. The summed E-state index contributed by atoms with van der Waals surface area (Å²) in [5.41, 5.74) is 2.29. The van der Waals surface area contributed by atoms with Crippen molar-refractivity contribution in [3.8, 4) is 0 Å². The van der Waals surface area contributed by atoms with Crippen molar-refractivity contribution in [1.82, 2.24) is 9.88 Å². The van der Waals surface area contributed by atoms with E-state index in [1.807, 2.05) is 12.3 Å². The summed E-state index contributed by atoms with van der Waals surface area (Å²) >= 11 is 0. The molecule has 5 nitrogen and oxygen atoms in total. The molecule has 0 atom stereocenters. The third-order valence-corrected chi connectivity index (χ3v) is 4.54. The number of hydrogen-bond donors (Lipinski definition) is 2. The zero-order valence-electron chi connectivity index (χ0n) is 12.5. The van der Waals surface area contributed by atoms with Crippen LogP contribution in [-0.2, 0) is 4.79 Å². The van der Waals surface area contributed by atoms with Gasteiger partial charge in [-0.25, -0.2) is 0 Å². The highest BCUT2D eigenvalue weighted by Crippen LogP contribution is 2.34. The van der Waals surface area contributed by atoms with E-state index in [9.17, 15) is 4.79 Å². The number of aliphatic carboxylic acids is 1. The van der Waals surface area contributed by atoms with Crippen molar-refractivity contribution < 1.29 is 9.90 Å². The van der Waals surface area contributed by atoms with Crippen LogP contribution in [0, 0.1) is 12.8 Å². The van der Waals surface area contributed by atoms with Crippen molar-refractivity contribution in [2.45, 2.75) is 44.7 Å². The number of aryl methyl sites for hydroxylation is 1. The first-order chi connectivity index (χ1) is 10.1. The molecule has 0 radical (unpaired) electrons. The molecule has 0 bridgehead atoms. The number of anilines is 1. The standard InChI is InChI=1S/C16H23N3O2/c1-11-8-17-5-4-15(11)18-13-6-14(7-13)19(10-16(20)21)9-12-2-3-12/h4-5,8,12-14H,2-3,6-7,9-10H2,1H3,(H,17,18)(H,20,21). The Bertz CT molecular complexity index is 510.